The fraction of sp³-hybridized carbons (Fsp3) is 0.682. The normalized spacial score (nSPS) is 22.3. The maximum Gasteiger partial charge on any atom is 0.411 e. The summed E-state index contributed by atoms with van der Waals surface area (Å²) in [7, 11) is 0. The lowest BCUT2D eigenvalue weighted by Crippen LogP contribution is -2.49. The number of piperidine rings is 1. The van der Waals surface area contributed by atoms with E-state index in [0.717, 1.165) is 6.42 Å². The minimum atomic E-state index is -4.45. The van der Waals surface area contributed by atoms with Crippen molar-refractivity contribution in [3.8, 4) is 0 Å². The van der Waals surface area contributed by atoms with Crippen LogP contribution in [0, 0.1) is 11.7 Å². The van der Waals surface area contributed by atoms with Gasteiger partial charge in [0, 0.05) is 39.3 Å². The van der Waals surface area contributed by atoms with Gasteiger partial charge in [0.15, 0.2) is 0 Å². The number of urea groups is 1. The van der Waals surface area contributed by atoms with Gasteiger partial charge >= 0.3 is 12.2 Å². The Balaban J connectivity index is 1.60. The van der Waals surface area contributed by atoms with E-state index in [0.29, 0.717) is 64.2 Å². The predicted molar refractivity (Wildman–Crippen MR) is 110 cm³/mol. The first-order valence-corrected chi connectivity index (χ1v) is 11.1. The van der Waals surface area contributed by atoms with Gasteiger partial charge in [-0.2, -0.15) is 13.2 Å². The molecule has 180 valence electrons. The summed E-state index contributed by atoms with van der Waals surface area (Å²) in [6, 6.07) is 5.31. The highest BCUT2D eigenvalue weighted by atomic mass is 19.4. The largest absolute Gasteiger partial charge is 0.411 e. The van der Waals surface area contributed by atoms with Crippen LogP contribution in [-0.2, 0) is 9.47 Å². The third kappa shape index (κ3) is 7.05. The summed E-state index contributed by atoms with van der Waals surface area (Å²) in [5.41, 5.74) is 6.21. The summed E-state index contributed by atoms with van der Waals surface area (Å²) in [6.07, 6.45) is -2.89. The number of halogens is 4. The molecule has 2 saturated heterocycles. The smallest absolute Gasteiger partial charge is 0.377 e. The molecule has 2 amide bonds. The van der Waals surface area contributed by atoms with Gasteiger partial charge in [0.1, 0.15) is 12.4 Å². The Morgan fingerprint density at radius 3 is 2.34 bits per heavy atom. The summed E-state index contributed by atoms with van der Waals surface area (Å²) in [5.74, 6) is -0.659. The molecule has 0 bridgehead atoms. The Morgan fingerprint density at radius 1 is 1.09 bits per heavy atom. The highest BCUT2D eigenvalue weighted by molar-refractivity contribution is 5.74. The molecule has 2 fully saturated rings. The molecule has 2 atom stereocenters. The third-order valence-electron chi connectivity index (χ3n) is 6.04. The van der Waals surface area contributed by atoms with Gasteiger partial charge in [0.05, 0.1) is 12.2 Å². The standard InChI is InChI=1S/C22H31F4N3O3/c23-18-4-2-16(3-5-18)20(32-15-22(24,25)26)17-6-10-29(11-7-17)21(30)28-9-1-13-31-19(14-27)8-12-28/h2-5,17,19-20H,1,6-15,27H2/t19-,20?/m0/s1. The van der Waals surface area contributed by atoms with E-state index in [2.05, 4.69) is 0 Å². The summed E-state index contributed by atoms with van der Waals surface area (Å²) < 4.78 is 62.6. The number of likely N-dealkylation sites (tertiary alicyclic amines) is 1. The van der Waals surface area contributed by atoms with Gasteiger partial charge < -0.3 is 25.0 Å². The molecule has 0 aromatic heterocycles. The molecule has 1 aromatic carbocycles. The van der Waals surface area contributed by atoms with Gasteiger partial charge in [-0.05, 0) is 49.3 Å². The van der Waals surface area contributed by atoms with E-state index < -0.39 is 24.7 Å². The summed E-state index contributed by atoms with van der Waals surface area (Å²) in [5, 5.41) is 0. The number of hydrogen-bond donors (Lipinski definition) is 1. The quantitative estimate of drug-likeness (QED) is 0.679. The Hall–Kier alpha value is -1.91. The highest BCUT2D eigenvalue weighted by Gasteiger charge is 2.35. The number of rotatable bonds is 5. The van der Waals surface area contributed by atoms with Gasteiger partial charge in [0.25, 0.3) is 0 Å². The Kier molecular flexibility index (Phi) is 8.72. The van der Waals surface area contributed by atoms with E-state index in [1.54, 1.807) is 4.90 Å². The third-order valence-corrected chi connectivity index (χ3v) is 6.04. The zero-order valence-electron chi connectivity index (χ0n) is 18.0. The van der Waals surface area contributed by atoms with Crippen molar-refractivity contribution in [1.82, 2.24) is 9.80 Å². The summed E-state index contributed by atoms with van der Waals surface area (Å²) in [4.78, 5) is 16.6. The van der Waals surface area contributed by atoms with E-state index in [-0.39, 0.29) is 18.1 Å². The number of benzene rings is 1. The van der Waals surface area contributed by atoms with Crippen molar-refractivity contribution in [2.45, 2.75) is 44.1 Å². The van der Waals surface area contributed by atoms with Crippen LogP contribution in [0.4, 0.5) is 22.4 Å². The molecule has 2 aliphatic heterocycles. The van der Waals surface area contributed by atoms with Crippen molar-refractivity contribution in [2.75, 3.05) is 45.9 Å². The van der Waals surface area contributed by atoms with Gasteiger partial charge in [-0.15, -0.1) is 0 Å². The molecular formula is C22H31F4N3O3. The van der Waals surface area contributed by atoms with Gasteiger partial charge in [-0.25, -0.2) is 9.18 Å². The number of nitrogens with two attached hydrogens (primary N) is 1. The maximum atomic E-state index is 13.3. The van der Waals surface area contributed by atoms with Crippen LogP contribution in [0.25, 0.3) is 0 Å². The number of carbonyl (C=O) groups excluding carboxylic acids is 1. The molecule has 0 saturated carbocycles. The minimum Gasteiger partial charge on any atom is -0.377 e. The van der Waals surface area contributed by atoms with Crippen LogP contribution in [0.2, 0.25) is 0 Å². The van der Waals surface area contributed by atoms with Crippen molar-refractivity contribution in [3.05, 3.63) is 35.6 Å². The highest BCUT2D eigenvalue weighted by Crippen LogP contribution is 2.35. The monoisotopic (exact) mass is 461 g/mol. The predicted octanol–water partition coefficient (Wildman–Crippen LogP) is 3.72. The Morgan fingerprint density at radius 2 is 1.72 bits per heavy atom. The molecule has 10 heteroatoms. The van der Waals surface area contributed by atoms with Gasteiger partial charge in [0.2, 0.25) is 0 Å². The molecule has 0 radical (unpaired) electrons. The van der Waals surface area contributed by atoms with Crippen molar-refractivity contribution < 1.29 is 31.8 Å². The number of hydrogen-bond acceptors (Lipinski definition) is 4. The second kappa shape index (κ2) is 11.3. The lowest BCUT2D eigenvalue weighted by Gasteiger charge is -2.39. The molecule has 32 heavy (non-hydrogen) atoms. The number of amides is 2. The van der Waals surface area contributed by atoms with E-state index >= 15 is 0 Å². The maximum absolute atomic E-state index is 13.3. The molecule has 2 N–H and O–H groups in total. The van der Waals surface area contributed by atoms with E-state index in [1.165, 1.54) is 24.3 Å². The fourth-order valence-electron chi connectivity index (χ4n) is 4.31. The zero-order chi connectivity index (χ0) is 23.1. The minimum absolute atomic E-state index is 0.0569. The van der Waals surface area contributed by atoms with Crippen LogP contribution in [0.1, 0.15) is 37.4 Å². The molecule has 2 heterocycles. The average molecular weight is 462 g/mol. The van der Waals surface area contributed by atoms with E-state index in [4.69, 9.17) is 15.2 Å². The van der Waals surface area contributed by atoms with Crippen LogP contribution in [0.3, 0.4) is 0 Å². The molecule has 0 aliphatic carbocycles. The fourth-order valence-corrected chi connectivity index (χ4v) is 4.31. The number of alkyl halides is 3. The first-order chi connectivity index (χ1) is 15.3. The first kappa shape index (κ1) is 24.7. The van der Waals surface area contributed by atoms with Crippen LogP contribution in [0.15, 0.2) is 24.3 Å². The number of ether oxygens (including phenoxy) is 2. The van der Waals surface area contributed by atoms with E-state index in [9.17, 15) is 22.4 Å². The Bertz CT molecular complexity index is 724. The second-order valence-corrected chi connectivity index (χ2v) is 8.36. The molecule has 2 aliphatic rings. The molecular weight excluding hydrogens is 430 g/mol. The molecule has 0 spiro atoms. The topological polar surface area (TPSA) is 68.0 Å². The van der Waals surface area contributed by atoms with E-state index in [1.807, 2.05) is 4.90 Å². The van der Waals surface area contributed by atoms with Crippen LogP contribution in [0.5, 0.6) is 0 Å². The van der Waals surface area contributed by atoms with Crippen molar-refractivity contribution in [3.63, 3.8) is 0 Å². The van der Waals surface area contributed by atoms with Crippen LogP contribution >= 0.6 is 0 Å². The SMILES string of the molecule is NC[C@@H]1CCN(C(=O)N2CCC(C(OCC(F)(F)F)c3ccc(F)cc3)CC2)CCCO1. The first-order valence-electron chi connectivity index (χ1n) is 11.1. The summed E-state index contributed by atoms with van der Waals surface area (Å²) in [6.45, 7) is 1.64. The van der Waals surface area contributed by atoms with Crippen LogP contribution < -0.4 is 5.73 Å². The van der Waals surface area contributed by atoms with Crippen molar-refractivity contribution in [2.24, 2.45) is 11.7 Å². The molecule has 1 aromatic rings. The van der Waals surface area contributed by atoms with Crippen molar-refractivity contribution >= 4 is 6.03 Å². The number of carbonyl (C=O) groups is 1. The average Bonchev–Trinajstić information content (AvgIpc) is 2.74. The van der Waals surface area contributed by atoms with Crippen LogP contribution in [-0.4, -0.2) is 74.0 Å². The Labute approximate surface area is 185 Å². The summed E-state index contributed by atoms with van der Waals surface area (Å²) >= 11 is 0. The zero-order valence-corrected chi connectivity index (χ0v) is 18.0. The van der Waals surface area contributed by atoms with Gasteiger partial charge in [-0.1, -0.05) is 12.1 Å². The lowest BCUT2D eigenvalue weighted by atomic mass is 9.87. The molecule has 3 rings (SSSR count). The lowest BCUT2D eigenvalue weighted by molar-refractivity contribution is -0.193. The molecule has 6 nitrogen and oxygen atoms in total. The number of nitrogens with zero attached hydrogens (tertiary/aromatic N) is 2. The van der Waals surface area contributed by atoms with Crippen molar-refractivity contribution in [1.29, 1.82) is 0 Å². The van der Waals surface area contributed by atoms with Gasteiger partial charge in [-0.3, -0.25) is 0 Å². The second-order valence-electron chi connectivity index (χ2n) is 8.36. The molecule has 1 unspecified atom stereocenters.